The van der Waals surface area contributed by atoms with Crippen molar-refractivity contribution in [1.29, 1.82) is 0 Å². The van der Waals surface area contributed by atoms with E-state index < -0.39 is 40.1 Å². The lowest BCUT2D eigenvalue weighted by atomic mass is 10.1. The highest BCUT2D eigenvalue weighted by atomic mass is 32.2. The van der Waals surface area contributed by atoms with Crippen molar-refractivity contribution in [3.8, 4) is 0 Å². The Balaban J connectivity index is 1.95. The second-order valence-electron chi connectivity index (χ2n) is 6.98. The highest BCUT2D eigenvalue weighted by molar-refractivity contribution is 7.86. The Morgan fingerprint density at radius 3 is 1.94 bits per heavy atom. The van der Waals surface area contributed by atoms with Gasteiger partial charge in [-0.05, 0) is 35.7 Å². The van der Waals surface area contributed by atoms with Gasteiger partial charge >= 0.3 is 0 Å². The summed E-state index contributed by atoms with van der Waals surface area (Å²) in [5.41, 5.74) is -0.0219. The highest BCUT2D eigenvalue weighted by Gasteiger charge is 2.18. The second kappa shape index (κ2) is 8.19. The molecular weight excluding hydrogens is 508 g/mol. The molecule has 0 aliphatic heterocycles. The summed E-state index contributed by atoms with van der Waals surface area (Å²) in [6.45, 7) is 0. The number of benzene rings is 4. The molecule has 4 aromatic rings. The lowest BCUT2D eigenvalue weighted by Crippen LogP contribution is -2.00. The Morgan fingerprint density at radius 2 is 1.32 bits per heavy atom. The number of fused-ring (bicyclic) bond motifs is 2. The van der Waals surface area contributed by atoms with E-state index in [2.05, 4.69) is 16.3 Å². The number of azo groups is 1. The molecule has 0 bridgehead atoms. The van der Waals surface area contributed by atoms with E-state index in [4.69, 9.17) is 0 Å². The molecule has 0 aromatic heterocycles. The molecule has 175 valence electrons. The molecule has 0 spiro atoms. The molecule has 0 fully saturated rings. The van der Waals surface area contributed by atoms with Crippen LogP contribution in [0.4, 0.5) is 11.4 Å². The van der Waals surface area contributed by atoms with Crippen molar-refractivity contribution in [2.24, 2.45) is 10.2 Å². The predicted octanol–water partition coefficient (Wildman–Crippen LogP) is 3.95. The summed E-state index contributed by atoms with van der Waals surface area (Å²) in [5.74, 6) is 0. The zero-order valence-electron chi connectivity index (χ0n) is 16.7. The Kier molecular flexibility index (Phi) is 5.75. The molecule has 0 amide bonds. The first-order valence-corrected chi connectivity index (χ1v) is 13.4. The largest absolute Gasteiger partial charge is 0.295 e. The van der Waals surface area contributed by atoms with Gasteiger partial charge < -0.3 is 0 Å². The number of hydrogen-bond donors (Lipinski definition) is 3. The number of rotatable bonds is 5. The van der Waals surface area contributed by atoms with Gasteiger partial charge in [-0.25, -0.2) is 0 Å². The maximum absolute atomic E-state index is 11.7. The molecule has 0 aliphatic rings. The van der Waals surface area contributed by atoms with E-state index in [1.807, 2.05) is 0 Å². The third-order valence-corrected chi connectivity index (χ3v) is 7.32. The molecule has 14 heteroatoms. The highest BCUT2D eigenvalue weighted by Crippen LogP contribution is 2.35. The summed E-state index contributed by atoms with van der Waals surface area (Å²) in [5, 5.41) is 8.70. The van der Waals surface area contributed by atoms with Crippen molar-refractivity contribution in [2.75, 3.05) is 0 Å². The maximum Gasteiger partial charge on any atom is 0.295 e. The van der Waals surface area contributed by atoms with Crippen LogP contribution < -0.4 is 0 Å². The maximum atomic E-state index is 11.7. The van der Waals surface area contributed by atoms with Crippen LogP contribution in [0.5, 0.6) is 0 Å². The average Bonchev–Trinajstić information content (AvgIpc) is 2.74. The fourth-order valence-corrected chi connectivity index (χ4v) is 5.00. The van der Waals surface area contributed by atoms with Gasteiger partial charge in [0.15, 0.2) is 0 Å². The van der Waals surface area contributed by atoms with Crippen molar-refractivity contribution in [3.63, 3.8) is 0 Å². The van der Waals surface area contributed by atoms with Crippen LogP contribution in [0.15, 0.2) is 85.6 Å². The minimum atomic E-state index is -4.77. The molecule has 4 aromatic carbocycles. The Morgan fingerprint density at radius 1 is 0.647 bits per heavy atom. The van der Waals surface area contributed by atoms with Gasteiger partial charge in [0, 0.05) is 22.2 Å². The first kappa shape index (κ1) is 23.9. The zero-order valence-corrected chi connectivity index (χ0v) is 19.1. The number of hydrogen-bond acceptors (Lipinski definition) is 8. The minimum absolute atomic E-state index is 0.00188. The van der Waals surface area contributed by atoms with Crippen molar-refractivity contribution in [1.82, 2.24) is 0 Å². The van der Waals surface area contributed by atoms with Gasteiger partial charge in [-0.2, -0.15) is 25.3 Å². The standard InChI is InChI=1S/C20H13N2O9S3/c23-32(24,25)13-5-6-15-12(9-13)10-14(33(26,27)28)11-19(15)22-21-18-7-8-20(34(29,30)31)17-4-2-1-3-16(17)18/h1-10H,(H,23,24,25)(H,26,27,28)(H,29,30,31). The summed E-state index contributed by atoms with van der Waals surface area (Å²) < 4.78 is 97.8. The number of nitrogens with zero attached hydrogens (tertiary/aromatic N) is 2. The molecule has 3 N–H and O–H groups in total. The lowest BCUT2D eigenvalue weighted by Gasteiger charge is -2.07. The van der Waals surface area contributed by atoms with Gasteiger partial charge in [-0.15, -0.1) is 10.2 Å². The Hall–Kier alpha value is -3.27. The van der Waals surface area contributed by atoms with E-state index in [0.29, 0.717) is 5.39 Å². The summed E-state index contributed by atoms with van der Waals surface area (Å²) in [6.07, 6.45) is 0. The molecule has 0 saturated heterocycles. The fraction of sp³-hybridized carbons (Fsp3) is 0. The van der Waals surface area contributed by atoms with E-state index in [9.17, 15) is 38.9 Å². The van der Waals surface area contributed by atoms with Crippen LogP contribution in [0.1, 0.15) is 0 Å². The van der Waals surface area contributed by atoms with Gasteiger partial charge in [-0.3, -0.25) is 13.7 Å². The molecule has 11 nitrogen and oxygen atoms in total. The zero-order chi connectivity index (χ0) is 24.9. The third kappa shape index (κ3) is 4.68. The van der Waals surface area contributed by atoms with Crippen LogP contribution in [0.2, 0.25) is 0 Å². The van der Waals surface area contributed by atoms with Crippen LogP contribution >= 0.6 is 0 Å². The molecule has 34 heavy (non-hydrogen) atoms. The van der Waals surface area contributed by atoms with Gasteiger partial charge in [0.1, 0.15) is 15.5 Å². The molecule has 4 rings (SSSR count). The van der Waals surface area contributed by atoms with Crippen LogP contribution in [0.3, 0.4) is 0 Å². The van der Waals surface area contributed by atoms with Crippen LogP contribution in [0, 0.1) is 6.07 Å². The van der Waals surface area contributed by atoms with Crippen molar-refractivity contribution >= 4 is 63.3 Å². The first-order chi connectivity index (χ1) is 15.7. The van der Waals surface area contributed by atoms with Crippen LogP contribution in [-0.2, 0) is 30.4 Å². The van der Waals surface area contributed by atoms with Gasteiger partial charge in [0.2, 0.25) is 0 Å². The normalized spacial score (nSPS) is 13.1. The van der Waals surface area contributed by atoms with E-state index in [1.165, 1.54) is 24.3 Å². The SMILES string of the molecule is O=S(=O)(O)c1[c]c(N=Nc2ccc(S(=O)(=O)O)c3ccccc23)c2ccc(S(=O)(=O)O)cc2c1. The fourth-order valence-electron chi connectivity index (χ4n) is 3.29. The van der Waals surface area contributed by atoms with Crippen molar-refractivity contribution in [2.45, 2.75) is 14.7 Å². The quantitative estimate of drug-likeness (QED) is 0.258. The Bertz CT molecular complexity index is 1830. The van der Waals surface area contributed by atoms with Gasteiger partial charge in [0.05, 0.1) is 10.6 Å². The minimum Gasteiger partial charge on any atom is -0.282 e. The van der Waals surface area contributed by atoms with Crippen molar-refractivity contribution < 1.29 is 38.9 Å². The van der Waals surface area contributed by atoms with Crippen molar-refractivity contribution in [3.05, 3.63) is 66.7 Å². The van der Waals surface area contributed by atoms with Gasteiger partial charge in [0.25, 0.3) is 30.4 Å². The molecule has 0 saturated carbocycles. The van der Waals surface area contributed by atoms with E-state index >= 15 is 0 Å². The third-order valence-electron chi connectivity index (χ3n) is 4.78. The Labute approximate surface area is 193 Å². The predicted molar refractivity (Wildman–Crippen MR) is 120 cm³/mol. The lowest BCUT2D eigenvalue weighted by molar-refractivity contribution is 0.481. The molecular formula is C20H13N2O9S3. The van der Waals surface area contributed by atoms with E-state index in [-0.39, 0.29) is 32.4 Å². The smallest absolute Gasteiger partial charge is 0.282 e. The summed E-state index contributed by atoms with van der Waals surface area (Å²) in [4.78, 5) is -1.57. The van der Waals surface area contributed by atoms with Crippen LogP contribution in [-0.4, -0.2) is 38.9 Å². The summed E-state index contributed by atoms with van der Waals surface area (Å²) in [7, 11) is -13.9. The molecule has 1 radical (unpaired) electrons. The monoisotopic (exact) mass is 521 g/mol. The average molecular weight is 522 g/mol. The van der Waals surface area contributed by atoms with Crippen LogP contribution in [0.25, 0.3) is 21.5 Å². The molecule has 0 unspecified atom stereocenters. The van der Waals surface area contributed by atoms with E-state index in [0.717, 1.165) is 24.3 Å². The van der Waals surface area contributed by atoms with E-state index in [1.54, 1.807) is 12.1 Å². The summed E-state index contributed by atoms with van der Waals surface area (Å²) in [6, 6.07) is 15.2. The topological polar surface area (TPSA) is 188 Å². The molecule has 0 aliphatic carbocycles. The molecule has 0 atom stereocenters. The van der Waals surface area contributed by atoms with Gasteiger partial charge in [-0.1, -0.05) is 30.3 Å². The second-order valence-corrected chi connectivity index (χ2v) is 11.2. The first-order valence-electron chi connectivity index (χ1n) is 9.11. The summed E-state index contributed by atoms with van der Waals surface area (Å²) >= 11 is 0. The molecule has 0 heterocycles.